The van der Waals surface area contributed by atoms with Gasteiger partial charge in [0.1, 0.15) is 0 Å². The van der Waals surface area contributed by atoms with Crippen molar-refractivity contribution in [2.45, 2.75) is 50.7 Å². The second-order valence-corrected chi connectivity index (χ2v) is 10.8. The van der Waals surface area contributed by atoms with Crippen LogP contribution in [0.15, 0.2) is 0 Å². The summed E-state index contributed by atoms with van der Waals surface area (Å²) < 4.78 is 6.20. The van der Waals surface area contributed by atoms with Gasteiger partial charge >= 0.3 is 0 Å². The van der Waals surface area contributed by atoms with Gasteiger partial charge in [0.15, 0.2) is 8.32 Å². The molecule has 3 fully saturated rings. The normalized spacial score (nSPS) is 48.1. The number of rotatable bonds is 2. The minimum atomic E-state index is -1.56. The molecule has 1 aliphatic carbocycles. The van der Waals surface area contributed by atoms with Gasteiger partial charge < -0.3 is 4.43 Å². The van der Waals surface area contributed by atoms with Crippen molar-refractivity contribution in [3.05, 3.63) is 0 Å². The van der Waals surface area contributed by atoms with Crippen LogP contribution in [0.1, 0.15) is 12.8 Å². The molecule has 0 N–H and O–H groups in total. The predicted molar refractivity (Wildman–Crippen MR) is 65.4 cm³/mol. The Morgan fingerprint density at radius 3 is 2.82 bits per heavy atom. The summed E-state index contributed by atoms with van der Waals surface area (Å²) in [6.07, 6.45) is 2.62. The molecule has 2 aliphatic heterocycles. The number of hydrogen-bond acceptors (Lipinski definition) is 4. The van der Waals surface area contributed by atoms with Gasteiger partial charge in [-0.15, -0.1) is 0 Å². The van der Waals surface area contributed by atoms with Gasteiger partial charge in [0, 0.05) is 12.5 Å². The Kier molecular flexibility index (Phi) is 2.60. The average molecular weight is 252 g/mol. The summed E-state index contributed by atoms with van der Waals surface area (Å²) in [6.45, 7) is 7.58. The number of hydroxylamine groups is 2. The summed E-state index contributed by atoms with van der Waals surface area (Å²) in [6, 6.07) is 2.76. The Balaban J connectivity index is 1.79. The van der Waals surface area contributed by atoms with E-state index < -0.39 is 8.32 Å². The number of hydrogen-bond donors (Lipinski definition) is 0. The van der Waals surface area contributed by atoms with Crippen LogP contribution in [0.2, 0.25) is 19.6 Å². The molecule has 0 aromatic rings. The molecule has 1 saturated carbocycles. The average Bonchev–Trinajstić information content (AvgIpc) is 2.83. The maximum absolute atomic E-state index is 9.41. The van der Waals surface area contributed by atoms with E-state index in [1.54, 1.807) is 0 Å². The fourth-order valence-electron chi connectivity index (χ4n) is 3.59. The number of fused-ring (bicyclic) bond motifs is 5. The molecule has 2 bridgehead atoms. The van der Waals surface area contributed by atoms with E-state index in [-0.39, 0.29) is 12.0 Å². The molecule has 0 amide bonds. The molecule has 0 aromatic heterocycles. The van der Waals surface area contributed by atoms with Crippen LogP contribution in [-0.4, -0.2) is 38.2 Å². The monoisotopic (exact) mass is 252 g/mol. The van der Waals surface area contributed by atoms with E-state index in [2.05, 4.69) is 30.8 Å². The van der Waals surface area contributed by atoms with Crippen molar-refractivity contribution in [2.75, 3.05) is 6.54 Å². The van der Waals surface area contributed by atoms with E-state index in [4.69, 9.17) is 9.26 Å². The zero-order valence-corrected chi connectivity index (χ0v) is 11.7. The van der Waals surface area contributed by atoms with E-state index >= 15 is 0 Å². The van der Waals surface area contributed by atoms with Crippen LogP contribution in [0.3, 0.4) is 0 Å². The maximum atomic E-state index is 9.41. The first kappa shape index (κ1) is 11.7. The highest BCUT2D eigenvalue weighted by Gasteiger charge is 2.58. The van der Waals surface area contributed by atoms with Gasteiger partial charge in [-0.25, -0.2) is 0 Å². The van der Waals surface area contributed by atoms with Crippen molar-refractivity contribution in [1.29, 1.82) is 5.26 Å². The lowest BCUT2D eigenvalue weighted by Crippen LogP contribution is -2.40. The third-order valence-corrected chi connectivity index (χ3v) is 5.09. The lowest BCUT2D eigenvalue weighted by molar-refractivity contribution is -0.123. The van der Waals surface area contributed by atoms with Crippen LogP contribution in [0.4, 0.5) is 0 Å². The fourth-order valence-corrected chi connectivity index (χ4v) is 4.74. The van der Waals surface area contributed by atoms with Crippen molar-refractivity contribution in [3.8, 4) is 6.07 Å². The molecule has 6 atom stereocenters. The number of nitrogens with zero attached hydrogens (tertiary/aromatic N) is 2. The van der Waals surface area contributed by atoms with Crippen molar-refractivity contribution < 1.29 is 9.26 Å². The van der Waals surface area contributed by atoms with E-state index in [0.29, 0.717) is 18.1 Å². The predicted octanol–water partition coefficient (Wildman–Crippen LogP) is 1.75. The molecule has 0 aromatic carbocycles. The summed E-state index contributed by atoms with van der Waals surface area (Å²) in [7, 11) is -1.56. The quantitative estimate of drug-likeness (QED) is 0.702. The molecule has 3 aliphatic rings. The van der Waals surface area contributed by atoms with E-state index in [9.17, 15) is 5.26 Å². The van der Waals surface area contributed by atoms with Crippen molar-refractivity contribution in [2.24, 2.45) is 11.8 Å². The summed E-state index contributed by atoms with van der Waals surface area (Å²) in [5.41, 5.74) is 0. The second-order valence-electron chi connectivity index (χ2n) is 6.39. The lowest BCUT2D eigenvalue weighted by atomic mass is 9.90. The Bertz CT molecular complexity index is 362. The molecule has 3 rings (SSSR count). The SMILES string of the molecule is C[Si](C)(C)OC1CC2C3CCN(O3)C2C1C#N. The summed E-state index contributed by atoms with van der Waals surface area (Å²) >= 11 is 0. The van der Waals surface area contributed by atoms with Crippen LogP contribution in [0.25, 0.3) is 0 Å². The van der Waals surface area contributed by atoms with E-state index in [0.717, 1.165) is 19.4 Å². The molecule has 17 heavy (non-hydrogen) atoms. The van der Waals surface area contributed by atoms with E-state index in [1.165, 1.54) is 0 Å². The van der Waals surface area contributed by atoms with Crippen LogP contribution < -0.4 is 0 Å². The molecule has 0 spiro atoms. The topological polar surface area (TPSA) is 45.5 Å². The van der Waals surface area contributed by atoms with Crippen LogP contribution in [-0.2, 0) is 9.26 Å². The Morgan fingerprint density at radius 2 is 2.18 bits per heavy atom. The molecule has 2 saturated heterocycles. The van der Waals surface area contributed by atoms with Gasteiger partial charge in [0.25, 0.3) is 0 Å². The third kappa shape index (κ3) is 1.84. The minimum Gasteiger partial charge on any atom is -0.413 e. The molecule has 4 nitrogen and oxygen atoms in total. The highest BCUT2D eigenvalue weighted by atomic mass is 28.4. The van der Waals surface area contributed by atoms with Crippen molar-refractivity contribution in [1.82, 2.24) is 5.06 Å². The second kappa shape index (κ2) is 3.79. The Morgan fingerprint density at radius 1 is 1.41 bits per heavy atom. The third-order valence-electron chi connectivity index (χ3n) is 4.08. The summed E-state index contributed by atoms with van der Waals surface area (Å²) in [4.78, 5) is 5.79. The largest absolute Gasteiger partial charge is 0.413 e. The van der Waals surface area contributed by atoms with Gasteiger partial charge in [-0.3, -0.25) is 4.84 Å². The molecule has 2 heterocycles. The van der Waals surface area contributed by atoms with E-state index in [1.807, 2.05) is 0 Å². The first-order valence-electron chi connectivity index (χ1n) is 6.50. The zero-order valence-electron chi connectivity index (χ0n) is 10.7. The van der Waals surface area contributed by atoms with Gasteiger partial charge in [0.05, 0.1) is 30.2 Å². The first-order chi connectivity index (χ1) is 7.99. The first-order valence-corrected chi connectivity index (χ1v) is 9.91. The summed E-state index contributed by atoms with van der Waals surface area (Å²) in [5.74, 6) is 0.520. The fraction of sp³-hybridized carbons (Fsp3) is 0.917. The highest BCUT2D eigenvalue weighted by Crippen LogP contribution is 2.49. The van der Waals surface area contributed by atoms with Crippen LogP contribution in [0, 0.1) is 23.2 Å². The molecule has 0 radical (unpaired) electrons. The van der Waals surface area contributed by atoms with Crippen LogP contribution in [0.5, 0.6) is 0 Å². The standard InChI is InChI=1S/C12H20N2O2Si/c1-17(2,3)16-11-6-8-10-4-5-14(15-10)12(8)9(11)7-13/h8-12H,4-6H2,1-3H3. The van der Waals surface area contributed by atoms with Crippen molar-refractivity contribution in [3.63, 3.8) is 0 Å². The van der Waals surface area contributed by atoms with Crippen molar-refractivity contribution >= 4 is 8.32 Å². The molecule has 6 unspecified atom stereocenters. The Labute approximate surface area is 104 Å². The zero-order chi connectivity index (χ0) is 12.2. The van der Waals surface area contributed by atoms with Gasteiger partial charge in [-0.2, -0.15) is 10.3 Å². The molecule has 94 valence electrons. The number of piperidine rings is 1. The molecular formula is C12H20N2O2Si. The van der Waals surface area contributed by atoms with Gasteiger partial charge in [0.2, 0.25) is 0 Å². The maximum Gasteiger partial charge on any atom is 0.184 e. The lowest BCUT2D eigenvalue weighted by Gasteiger charge is -2.28. The van der Waals surface area contributed by atoms with Gasteiger partial charge in [-0.05, 0) is 32.5 Å². The molecule has 5 heteroatoms. The minimum absolute atomic E-state index is 0.00275. The highest BCUT2D eigenvalue weighted by molar-refractivity contribution is 6.69. The Hall–Kier alpha value is -0.413. The smallest absolute Gasteiger partial charge is 0.184 e. The number of nitriles is 1. The van der Waals surface area contributed by atoms with Gasteiger partial charge in [-0.1, -0.05) is 0 Å². The molecular weight excluding hydrogens is 232 g/mol. The van der Waals surface area contributed by atoms with Crippen LogP contribution >= 0.6 is 0 Å². The summed E-state index contributed by atoms with van der Waals surface area (Å²) in [5, 5.41) is 11.5.